The molecule has 254 valence electrons. The van der Waals surface area contributed by atoms with E-state index in [1.807, 2.05) is 30.8 Å². The molecule has 0 spiro atoms. The van der Waals surface area contributed by atoms with E-state index in [9.17, 15) is 22.4 Å². The van der Waals surface area contributed by atoms with Crippen LogP contribution in [-0.2, 0) is 11.0 Å². The predicted molar refractivity (Wildman–Crippen MR) is 174 cm³/mol. The molecule has 2 aliphatic heterocycles. The number of rotatable bonds is 8. The average molecular weight is 682 g/mol. The number of aromatic nitrogens is 1. The van der Waals surface area contributed by atoms with E-state index in [0.717, 1.165) is 18.2 Å². The van der Waals surface area contributed by atoms with E-state index in [1.165, 1.54) is 35.2 Å². The lowest BCUT2D eigenvalue weighted by Gasteiger charge is -2.52. The highest BCUT2D eigenvalue weighted by Gasteiger charge is 2.44. The van der Waals surface area contributed by atoms with Gasteiger partial charge in [-0.3, -0.25) is 4.79 Å². The molecule has 2 aliphatic rings. The Bertz CT molecular complexity index is 1700. The highest BCUT2D eigenvalue weighted by atomic mass is 35.5. The second-order valence-corrected chi connectivity index (χ2v) is 12.7. The SMILES string of the molecule is COc1c(Cl)cccc1-c1c(C(F)(F)F)cc2c(N(N)C3CCN(C(=O)/C=C/CF)CC3)c(N)c(N3CC(C)(N(C)C)C3)nc2c1F. The number of benzene rings is 2. The van der Waals surface area contributed by atoms with Crippen molar-refractivity contribution in [3.8, 4) is 16.9 Å². The standard InChI is InChI=1S/C32H37ClF5N7O2/c1-31(42(2)3)16-44(17-31)30-26(39)28(45(40)18-10-13-43(14-11-18)23(46)9-6-12-34)20-15-21(32(36,37)38)24(25(35)27(20)41-30)19-7-5-8-22(33)29(19)47-4/h5-9,15,18H,10-14,16-17,39-40H2,1-4H3/b9-6+. The smallest absolute Gasteiger partial charge is 0.417 e. The number of likely N-dealkylation sites (N-methyl/N-ethyl adjacent to an activating group) is 1. The average Bonchev–Trinajstić information content (AvgIpc) is 3.01. The van der Waals surface area contributed by atoms with Gasteiger partial charge >= 0.3 is 6.18 Å². The van der Waals surface area contributed by atoms with E-state index in [1.54, 1.807) is 0 Å². The Balaban J connectivity index is 1.70. The van der Waals surface area contributed by atoms with Gasteiger partial charge in [-0.1, -0.05) is 23.7 Å². The molecular formula is C32H37ClF5N7O2. The van der Waals surface area contributed by atoms with Crippen molar-refractivity contribution in [3.05, 3.63) is 52.8 Å². The Hall–Kier alpha value is -3.88. The van der Waals surface area contributed by atoms with Crippen LogP contribution in [0.15, 0.2) is 36.4 Å². The number of ether oxygens (including phenoxy) is 1. The van der Waals surface area contributed by atoms with Crippen molar-refractivity contribution in [2.45, 2.75) is 37.5 Å². The van der Waals surface area contributed by atoms with Gasteiger partial charge in [0, 0.05) is 54.8 Å². The molecule has 9 nitrogen and oxygen atoms in total. The maximum atomic E-state index is 16.8. The summed E-state index contributed by atoms with van der Waals surface area (Å²) in [6.07, 6.45) is -2.07. The fraction of sp³-hybridized carbons (Fsp3) is 0.438. The molecule has 0 unspecified atom stereocenters. The molecule has 5 rings (SSSR count). The molecule has 2 fully saturated rings. The van der Waals surface area contributed by atoms with Gasteiger partial charge in [-0.05, 0) is 52.1 Å². The number of carbonyl (C=O) groups is 1. The first-order valence-electron chi connectivity index (χ1n) is 15.0. The Morgan fingerprint density at radius 3 is 2.47 bits per heavy atom. The number of pyridine rings is 1. The summed E-state index contributed by atoms with van der Waals surface area (Å²) in [5.74, 6) is 5.16. The summed E-state index contributed by atoms with van der Waals surface area (Å²) < 4.78 is 79.0. The number of likely N-dealkylation sites (tertiary alicyclic amines) is 1. The number of nitrogen functional groups attached to an aromatic ring is 1. The lowest BCUT2D eigenvalue weighted by Crippen LogP contribution is -2.67. The monoisotopic (exact) mass is 681 g/mol. The first kappa shape index (κ1) is 34.5. The number of methoxy groups -OCH3 is 1. The third-order valence-electron chi connectivity index (χ3n) is 9.17. The minimum Gasteiger partial charge on any atom is -0.495 e. The molecule has 3 aromatic rings. The zero-order valence-corrected chi connectivity index (χ0v) is 27.2. The molecule has 15 heteroatoms. The molecule has 47 heavy (non-hydrogen) atoms. The number of carbonyl (C=O) groups excluding carboxylic acids is 1. The number of nitrogens with two attached hydrogens (primary N) is 2. The van der Waals surface area contributed by atoms with Crippen LogP contribution in [0.25, 0.3) is 22.0 Å². The number of piperidine rings is 1. The highest BCUT2D eigenvalue weighted by Crippen LogP contribution is 2.49. The second kappa shape index (κ2) is 13.0. The maximum Gasteiger partial charge on any atom is 0.417 e. The normalized spacial score (nSPS) is 17.1. The van der Waals surface area contributed by atoms with Gasteiger partial charge in [0.2, 0.25) is 5.91 Å². The van der Waals surface area contributed by atoms with Crippen LogP contribution in [-0.4, -0.2) is 86.3 Å². The number of alkyl halides is 4. The molecule has 4 N–H and O–H groups in total. The third-order valence-corrected chi connectivity index (χ3v) is 9.47. The number of allylic oxidation sites excluding steroid dienone is 1. The van der Waals surface area contributed by atoms with E-state index in [0.29, 0.717) is 25.9 Å². The number of anilines is 3. The summed E-state index contributed by atoms with van der Waals surface area (Å²) in [7, 11) is 5.09. The minimum atomic E-state index is -5.01. The Labute approximate surface area is 274 Å². The first-order chi connectivity index (χ1) is 22.1. The van der Waals surface area contributed by atoms with Crippen molar-refractivity contribution in [1.82, 2.24) is 14.8 Å². The van der Waals surface area contributed by atoms with Crippen LogP contribution in [0.5, 0.6) is 5.75 Å². The number of amides is 1. The Kier molecular flexibility index (Phi) is 9.50. The van der Waals surface area contributed by atoms with E-state index in [-0.39, 0.29) is 69.0 Å². The predicted octanol–water partition coefficient (Wildman–Crippen LogP) is 5.64. The van der Waals surface area contributed by atoms with Crippen LogP contribution >= 0.6 is 11.6 Å². The van der Waals surface area contributed by atoms with Crippen LogP contribution in [0.2, 0.25) is 5.02 Å². The van der Waals surface area contributed by atoms with Gasteiger partial charge in [0.05, 0.1) is 28.9 Å². The van der Waals surface area contributed by atoms with Crippen LogP contribution in [0.1, 0.15) is 25.3 Å². The molecule has 0 bridgehead atoms. The van der Waals surface area contributed by atoms with E-state index >= 15 is 4.39 Å². The van der Waals surface area contributed by atoms with Gasteiger partial charge in [0.25, 0.3) is 0 Å². The fourth-order valence-electron chi connectivity index (χ4n) is 6.27. The van der Waals surface area contributed by atoms with E-state index in [4.69, 9.17) is 27.9 Å². The van der Waals surface area contributed by atoms with Crippen LogP contribution in [0, 0.1) is 5.82 Å². The maximum absolute atomic E-state index is 16.8. The molecule has 2 aromatic carbocycles. The zero-order chi connectivity index (χ0) is 34.4. The summed E-state index contributed by atoms with van der Waals surface area (Å²) in [5, 5.41) is 1.06. The van der Waals surface area contributed by atoms with Gasteiger partial charge in [-0.15, -0.1) is 0 Å². The molecular weight excluding hydrogens is 645 g/mol. The zero-order valence-electron chi connectivity index (χ0n) is 26.5. The van der Waals surface area contributed by atoms with Gasteiger partial charge < -0.3 is 30.2 Å². The van der Waals surface area contributed by atoms with Gasteiger partial charge in [-0.25, -0.2) is 19.6 Å². The number of halogens is 6. The van der Waals surface area contributed by atoms with Gasteiger partial charge in [-0.2, -0.15) is 13.2 Å². The molecule has 0 atom stereocenters. The van der Waals surface area contributed by atoms with Crippen LogP contribution in [0.4, 0.5) is 39.1 Å². The van der Waals surface area contributed by atoms with Gasteiger partial charge in [0.15, 0.2) is 11.6 Å². The summed E-state index contributed by atoms with van der Waals surface area (Å²) in [6, 6.07) is 4.48. The Morgan fingerprint density at radius 1 is 1.23 bits per heavy atom. The number of nitrogens with zero attached hydrogens (tertiary/aromatic N) is 5. The molecule has 0 saturated carbocycles. The fourth-order valence-corrected chi connectivity index (χ4v) is 6.52. The minimum absolute atomic E-state index is 0.000401. The van der Waals surface area contributed by atoms with Crippen molar-refractivity contribution in [3.63, 3.8) is 0 Å². The van der Waals surface area contributed by atoms with E-state index < -0.39 is 35.8 Å². The summed E-state index contributed by atoms with van der Waals surface area (Å²) >= 11 is 6.25. The molecule has 0 radical (unpaired) electrons. The molecule has 1 amide bonds. The van der Waals surface area contributed by atoms with Crippen molar-refractivity contribution in [1.29, 1.82) is 0 Å². The number of para-hydroxylation sites is 1. The number of hydrazine groups is 1. The molecule has 0 aliphatic carbocycles. The highest BCUT2D eigenvalue weighted by molar-refractivity contribution is 6.32. The lowest BCUT2D eigenvalue weighted by molar-refractivity contribution is -0.137. The number of hydrogen-bond acceptors (Lipinski definition) is 8. The molecule has 1 aromatic heterocycles. The number of fused-ring (bicyclic) bond motifs is 1. The Morgan fingerprint density at radius 2 is 1.89 bits per heavy atom. The largest absolute Gasteiger partial charge is 0.495 e. The summed E-state index contributed by atoms with van der Waals surface area (Å²) in [6.45, 7) is 2.72. The number of hydrogen-bond donors (Lipinski definition) is 2. The summed E-state index contributed by atoms with van der Waals surface area (Å²) in [5.41, 5.74) is 3.85. The molecule has 3 heterocycles. The van der Waals surface area contributed by atoms with Crippen molar-refractivity contribution in [2.24, 2.45) is 5.84 Å². The van der Waals surface area contributed by atoms with Crippen LogP contribution < -0.4 is 26.2 Å². The second-order valence-electron chi connectivity index (χ2n) is 12.3. The first-order valence-corrected chi connectivity index (χ1v) is 15.3. The molecule has 2 saturated heterocycles. The topological polar surface area (TPSA) is 104 Å². The third kappa shape index (κ3) is 6.25. The van der Waals surface area contributed by atoms with Crippen molar-refractivity contribution >= 4 is 45.6 Å². The van der Waals surface area contributed by atoms with Gasteiger partial charge in [0.1, 0.15) is 23.6 Å². The van der Waals surface area contributed by atoms with Crippen molar-refractivity contribution < 1.29 is 31.5 Å². The quantitative estimate of drug-likeness (QED) is 0.136. The lowest BCUT2D eigenvalue weighted by atomic mass is 9.90. The van der Waals surface area contributed by atoms with Crippen molar-refractivity contribution in [2.75, 3.05) is 69.7 Å². The van der Waals surface area contributed by atoms with E-state index in [2.05, 4.69) is 4.98 Å². The summed E-state index contributed by atoms with van der Waals surface area (Å²) in [4.78, 5) is 22.4. The van der Waals surface area contributed by atoms with Crippen LogP contribution in [0.3, 0.4) is 0 Å².